The highest BCUT2D eigenvalue weighted by Gasteiger charge is 2.06. The van der Waals surface area contributed by atoms with Crippen molar-refractivity contribution >= 4 is 37.5 Å². The van der Waals surface area contributed by atoms with Crippen LogP contribution in [0, 0.1) is 0 Å². The van der Waals surface area contributed by atoms with Crippen LogP contribution in [-0.4, -0.2) is 0 Å². The number of ether oxygens (including phenoxy) is 2. The van der Waals surface area contributed by atoms with E-state index in [0.717, 1.165) is 33.5 Å². The summed E-state index contributed by atoms with van der Waals surface area (Å²) in [5, 5.41) is 5.67. The van der Waals surface area contributed by atoms with Crippen LogP contribution >= 0.6 is 15.9 Å². The molecule has 5 rings (SSSR count). The first-order chi connectivity index (χ1) is 15.8. The zero-order valence-corrected chi connectivity index (χ0v) is 19.2. The van der Waals surface area contributed by atoms with Gasteiger partial charge in [0.25, 0.3) is 0 Å². The molecule has 0 aromatic heterocycles. The van der Waals surface area contributed by atoms with Crippen molar-refractivity contribution in [2.45, 2.75) is 18.5 Å². The molecule has 0 atom stereocenters. The van der Waals surface area contributed by atoms with Crippen LogP contribution in [0.4, 0.5) is 0 Å². The Morgan fingerprint density at radius 2 is 0.938 bits per heavy atom. The van der Waals surface area contributed by atoms with Gasteiger partial charge in [0.1, 0.15) is 24.7 Å². The second-order valence-corrected chi connectivity index (χ2v) is 8.45. The molecule has 0 fully saturated rings. The Balaban J connectivity index is 1.30. The van der Waals surface area contributed by atoms with Crippen molar-refractivity contribution in [3.8, 4) is 11.5 Å². The summed E-state index contributed by atoms with van der Waals surface area (Å²) in [7, 11) is 0. The third-order valence-electron chi connectivity index (χ3n) is 5.53. The van der Waals surface area contributed by atoms with E-state index in [1.54, 1.807) is 0 Å². The third-order valence-corrected chi connectivity index (χ3v) is 6.18. The first-order valence-corrected chi connectivity index (χ1v) is 11.8. The average molecular weight is 483 g/mol. The van der Waals surface area contributed by atoms with Crippen molar-refractivity contribution in [3.05, 3.63) is 120 Å². The van der Waals surface area contributed by atoms with Crippen molar-refractivity contribution in [2.24, 2.45) is 0 Å². The molecular weight excluding hydrogens is 460 g/mol. The summed E-state index contributed by atoms with van der Waals surface area (Å²) in [6, 6.07) is 35.7. The minimum Gasteiger partial charge on any atom is -0.489 e. The van der Waals surface area contributed by atoms with Gasteiger partial charge in [0.2, 0.25) is 0 Å². The summed E-state index contributed by atoms with van der Waals surface area (Å²) in [4.78, 5) is 0. The quantitative estimate of drug-likeness (QED) is 0.218. The van der Waals surface area contributed by atoms with E-state index >= 15 is 0 Å². The molecule has 5 aromatic rings. The van der Waals surface area contributed by atoms with Crippen molar-refractivity contribution in [2.75, 3.05) is 0 Å². The van der Waals surface area contributed by atoms with Gasteiger partial charge in [0.15, 0.2) is 0 Å². The van der Waals surface area contributed by atoms with Crippen LogP contribution in [0.25, 0.3) is 21.5 Å². The molecule has 3 heteroatoms. The van der Waals surface area contributed by atoms with E-state index in [4.69, 9.17) is 9.47 Å². The Kier molecular flexibility index (Phi) is 6.09. The molecule has 0 heterocycles. The molecule has 0 bridgehead atoms. The van der Waals surface area contributed by atoms with E-state index in [1.807, 2.05) is 6.07 Å². The van der Waals surface area contributed by atoms with Gasteiger partial charge >= 0.3 is 0 Å². The van der Waals surface area contributed by atoms with E-state index in [9.17, 15) is 0 Å². The minimum absolute atomic E-state index is 0.515. The zero-order valence-electron chi connectivity index (χ0n) is 17.6. The van der Waals surface area contributed by atoms with Crippen molar-refractivity contribution in [1.29, 1.82) is 0 Å². The normalized spacial score (nSPS) is 11.0. The van der Waals surface area contributed by atoms with Gasteiger partial charge in [-0.2, -0.15) is 0 Å². The second kappa shape index (κ2) is 9.46. The molecule has 0 aliphatic rings. The Morgan fingerprint density at radius 1 is 0.469 bits per heavy atom. The Hall–Kier alpha value is -3.30. The molecule has 0 saturated carbocycles. The zero-order chi connectivity index (χ0) is 21.8. The summed E-state index contributed by atoms with van der Waals surface area (Å²) in [6.07, 6.45) is 0. The first kappa shape index (κ1) is 20.6. The summed E-state index contributed by atoms with van der Waals surface area (Å²) >= 11 is 3.56. The van der Waals surface area contributed by atoms with Gasteiger partial charge in [-0.05, 0) is 62.5 Å². The maximum absolute atomic E-state index is 6.13. The lowest BCUT2D eigenvalue weighted by Crippen LogP contribution is -1.99. The summed E-state index contributed by atoms with van der Waals surface area (Å²) < 4.78 is 12.3. The number of hydrogen-bond donors (Lipinski definition) is 0. The van der Waals surface area contributed by atoms with Gasteiger partial charge < -0.3 is 9.47 Å². The first-order valence-electron chi connectivity index (χ1n) is 10.7. The standard InChI is InChI=1S/C29H23BrO2/c30-18-23-15-28(31-19-21-9-11-24-5-1-3-7-26(24)13-21)17-29(16-23)32-20-22-10-12-25-6-2-4-8-27(25)14-22/h1-17H,18-20H2. The van der Waals surface area contributed by atoms with Gasteiger partial charge in [-0.15, -0.1) is 0 Å². The van der Waals surface area contributed by atoms with Gasteiger partial charge in [-0.1, -0.05) is 88.7 Å². The van der Waals surface area contributed by atoms with Gasteiger partial charge in [-0.3, -0.25) is 0 Å². The number of benzene rings is 5. The molecule has 5 aromatic carbocycles. The van der Waals surface area contributed by atoms with E-state index < -0.39 is 0 Å². The van der Waals surface area contributed by atoms with Gasteiger partial charge in [0.05, 0.1) is 0 Å². The number of alkyl halides is 1. The lowest BCUT2D eigenvalue weighted by molar-refractivity contribution is 0.290. The third kappa shape index (κ3) is 4.79. The van der Waals surface area contributed by atoms with E-state index in [1.165, 1.54) is 21.5 Å². The van der Waals surface area contributed by atoms with Gasteiger partial charge in [-0.25, -0.2) is 0 Å². The number of hydrogen-bond acceptors (Lipinski definition) is 2. The predicted molar refractivity (Wildman–Crippen MR) is 136 cm³/mol. The fraction of sp³-hybridized carbons (Fsp3) is 0.103. The van der Waals surface area contributed by atoms with Crippen LogP contribution in [0.1, 0.15) is 16.7 Å². The van der Waals surface area contributed by atoms with Crippen LogP contribution in [0.3, 0.4) is 0 Å². The second-order valence-electron chi connectivity index (χ2n) is 7.89. The maximum atomic E-state index is 6.13. The highest BCUT2D eigenvalue weighted by molar-refractivity contribution is 9.08. The molecule has 0 saturated heterocycles. The lowest BCUT2D eigenvalue weighted by atomic mass is 10.1. The summed E-state index contributed by atoms with van der Waals surface area (Å²) in [6.45, 7) is 1.03. The topological polar surface area (TPSA) is 18.5 Å². The summed E-state index contributed by atoms with van der Waals surface area (Å²) in [5.74, 6) is 1.62. The van der Waals surface area contributed by atoms with Crippen molar-refractivity contribution in [3.63, 3.8) is 0 Å². The molecule has 158 valence electrons. The Bertz CT molecular complexity index is 1270. The van der Waals surface area contributed by atoms with Crippen LogP contribution in [-0.2, 0) is 18.5 Å². The van der Waals surface area contributed by atoms with E-state index in [2.05, 4.69) is 113 Å². The Morgan fingerprint density at radius 3 is 1.41 bits per heavy atom. The number of halogens is 1. The number of fused-ring (bicyclic) bond motifs is 2. The molecule has 0 spiro atoms. The monoisotopic (exact) mass is 482 g/mol. The maximum Gasteiger partial charge on any atom is 0.123 e. The highest BCUT2D eigenvalue weighted by atomic mass is 79.9. The predicted octanol–water partition coefficient (Wildman–Crippen LogP) is 8.05. The van der Waals surface area contributed by atoms with Crippen molar-refractivity contribution in [1.82, 2.24) is 0 Å². The summed E-state index contributed by atoms with van der Waals surface area (Å²) in [5.41, 5.74) is 3.41. The van der Waals surface area contributed by atoms with Crippen LogP contribution in [0.2, 0.25) is 0 Å². The molecule has 0 radical (unpaired) electrons. The van der Waals surface area contributed by atoms with Crippen LogP contribution in [0.15, 0.2) is 103 Å². The van der Waals surface area contributed by atoms with E-state index in [-0.39, 0.29) is 0 Å². The van der Waals surface area contributed by atoms with Gasteiger partial charge in [0, 0.05) is 11.4 Å². The largest absolute Gasteiger partial charge is 0.489 e. The Labute approximate surface area is 196 Å². The average Bonchev–Trinajstić information content (AvgIpc) is 2.86. The van der Waals surface area contributed by atoms with Crippen LogP contribution < -0.4 is 9.47 Å². The minimum atomic E-state index is 0.515. The van der Waals surface area contributed by atoms with Crippen molar-refractivity contribution < 1.29 is 9.47 Å². The molecular formula is C29H23BrO2. The molecule has 0 N–H and O–H groups in total. The van der Waals surface area contributed by atoms with E-state index in [0.29, 0.717) is 13.2 Å². The molecule has 0 unspecified atom stereocenters. The lowest BCUT2D eigenvalue weighted by Gasteiger charge is -2.13. The van der Waals surface area contributed by atoms with Crippen LogP contribution in [0.5, 0.6) is 11.5 Å². The highest BCUT2D eigenvalue weighted by Crippen LogP contribution is 2.27. The number of rotatable bonds is 7. The molecule has 2 nitrogen and oxygen atoms in total. The SMILES string of the molecule is BrCc1cc(OCc2ccc3ccccc3c2)cc(OCc2ccc3ccccc3c2)c1. The molecule has 0 aliphatic carbocycles. The molecule has 32 heavy (non-hydrogen) atoms. The smallest absolute Gasteiger partial charge is 0.123 e. The fourth-order valence-corrected chi connectivity index (χ4v) is 4.19. The molecule has 0 aliphatic heterocycles. The fourth-order valence-electron chi connectivity index (χ4n) is 3.86. The molecule has 0 amide bonds.